The Hall–Kier alpha value is -4.14. The number of hydrogen-bond acceptors (Lipinski definition) is 0. The first-order valence-corrected chi connectivity index (χ1v) is 20.3. The van der Waals surface area contributed by atoms with E-state index in [9.17, 15) is 105 Å². The molecule has 0 aliphatic carbocycles. The van der Waals surface area contributed by atoms with Crippen LogP contribution in [0.5, 0.6) is 0 Å². The Bertz CT molecular complexity index is 2350. The lowest BCUT2D eigenvalue weighted by Crippen LogP contribution is -2.37. The molecule has 5 aromatic carbocycles. The van der Waals surface area contributed by atoms with E-state index >= 15 is 0 Å². The van der Waals surface area contributed by atoms with E-state index in [1.54, 1.807) is 0 Å². The zero-order valence-corrected chi connectivity index (χ0v) is 34.1. The van der Waals surface area contributed by atoms with Gasteiger partial charge in [0.05, 0.1) is 54.6 Å². The second kappa shape index (κ2) is 17.4. The minimum Gasteiger partial charge on any atom is -0.166 e. The predicted octanol–water partition coefficient (Wildman–Crippen LogP) is 14.7. The molecule has 0 aromatic heterocycles. The van der Waals surface area contributed by atoms with Crippen LogP contribution in [0.4, 0.5) is 105 Å². The smallest absolute Gasteiger partial charge is 0.166 e. The molecule has 5 aromatic rings. The maximum absolute atomic E-state index is 14.3. The molecule has 0 N–H and O–H groups in total. The molecule has 0 amide bonds. The van der Waals surface area contributed by atoms with Gasteiger partial charge in [0.2, 0.25) is 0 Å². The van der Waals surface area contributed by atoms with Crippen molar-refractivity contribution in [2.24, 2.45) is 0 Å². The highest BCUT2D eigenvalue weighted by Gasteiger charge is 2.44. The van der Waals surface area contributed by atoms with E-state index in [0.29, 0.717) is 12.1 Å². The summed E-state index contributed by atoms with van der Waals surface area (Å²) in [5, 5.41) is -11.4. The minimum atomic E-state index is -5.87. The fourth-order valence-corrected chi connectivity index (χ4v) is 12.3. The molecule has 0 heterocycles. The van der Waals surface area contributed by atoms with E-state index in [4.69, 9.17) is 23.2 Å². The fourth-order valence-electron chi connectivity index (χ4n) is 6.03. The largest absolute Gasteiger partial charge is 0.416 e. The van der Waals surface area contributed by atoms with Crippen LogP contribution in [0.2, 0.25) is 10.0 Å². The maximum Gasteiger partial charge on any atom is 0.416 e. The SMILES string of the molecule is FC(F)(F)c1cc(P(c2cc(C(F)(F)F)cc(C(F)(F)F)c2)c2ccc(Cl)c(Cl)c2P(c2cc(C(F)(F)F)cc(C(F)(F)F)c2)c2cc(C(F)(F)F)cc(C(F)(F)F)c2)cc(C(F)(F)F)c1. The van der Waals surface area contributed by atoms with Crippen molar-refractivity contribution in [3.8, 4) is 0 Å². The molecule has 28 heteroatoms. The van der Waals surface area contributed by atoms with E-state index in [2.05, 4.69) is 0 Å². The Kier molecular flexibility index (Phi) is 13.9. The molecular formula is C38H14Cl2F24P2. The standard InChI is InChI=1S/C38H14Cl2F24P2/c39-27-1-2-28(65(23-7-15(31(41,42)43)3-16(8-23)32(44,45)46)24-9-17(33(47,48)49)4-18(10-24)34(50,51)52)30(29(27)40)66(25-11-19(35(53,54)55)5-20(12-25)36(56,57)58)26-13-21(37(59,60)61)6-22(14-26)38(62,63)64/h1-14H. The predicted molar refractivity (Wildman–Crippen MR) is 194 cm³/mol. The van der Waals surface area contributed by atoms with Crippen LogP contribution in [0.15, 0.2) is 84.9 Å². The minimum absolute atomic E-state index is 0.249. The van der Waals surface area contributed by atoms with E-state index in [1.165, 1.54) is 0 Å². The van der Waals surface area contributed by atoms with Gasteiger partial charge in [-0.05, 0) is 121 Å². The molecule has 0 nitrogen and oxygen atoms in total. The van der Waals surface area contributed by atoms with E-state index in [-0.39, 0.29) is 48.5 Å². The van der Waals surface area contributed by atoms with Crippen LogP contribution in [0.25, 0.3) is 0 Å². The van der Waals surface area contributed by atoms with Gasteiger partial charge in [-0.15, -0.1) is 0 Å². The molecule has 0 radical (unpaired) electrons. The van der Waals surface area contributed by atoms with Crippen molar-refractivity contribution >= 4 is 70.9 Å². The number of benzene rings is 5. The summed E-state index contributed by atoms with van der Waals surface area (Å²) in [5.74, 6) is 0. The number of hydrogen-bond donors (Lipinski definition) is 0. The summed E-state index contributed by atoms with van der Waals surface area (Å²) in [4.78, 5) is 0. The second-order valence-corrected chi connectivity index (χ2v) is 18.6. The lowest BCUT2D eigenvalue weighted by atomic mass is 10.1. The van der Waals surface area contributed by atoms with Crippen molar-refractivity contribution < 1.29 is 105 Å². The van der Waals surface area contributed by atoms with Crippen LogP contribution in [0, 0.1) is 0 Å². The first kappa shape index (κ1) is 52.8. The van der Waals surface area contributed by atoms with Crippen LogP contribution in [-0.2, 0) is 49.4 Å². The quantitative estimate of drug-likeness (QED) is 0.117. The van der Waals surface area contributed by atoms with Crippen molar-refractivity contribution in [3.05, 3.63) is 139 Å². The van der Waals surface area contributed by atoms with E-state index < -0.39 is 176 Å². The molecule has 0 saturated heterocycles. The molecule has 66 heavy (non-hydrogen) atoms. The van der Waals surface area contributed by atoms with Gasteiger partial charge in [0.15, 0.2) is 0 Å². The van der Waals surface area contributed by atoms with Gasteiger partial charge < -0.3 is 0 Å². The maximum atomic E-state index is 14.3. The number of alkyl halides is 24. The first-order chi connectivity index (χ1) is 29.6. The van der Waals surface area contributed by atoms with Crippen LogP contribution in [0.3, 0.4) is 0 Å². The average molecular weight is 1060 g/mol. The zero-order valence-electron chi connectivity index (χ0n) is 30.8. The topological polar surface area (TPSA) is 0 Å². The number of rotatable bonds is 6. The third-order valence-corrected chi connectivity index (χ3v) is 14.8. The molecule has 0 fully saturated rings. The van der Waals surface area contributed by atoms with Crippen molar-refractivity contribution in [2.45, 2.75) is 49.4 Å². The molecule has 0 saturated carbocycles. The number of halogens is 26. The highest BCUT2D eigenvalue weighted by atomic mass is 35.5. The van der Waals surface area contributed by atoms with E-state index in [1.807, 2.05) is 0 Å². The summed E-state index contributed by atoms with van der Waals surface area (Å²) < 4.78 is 343. The first-order valence-electron chi connectivity index (χ1n) is 16.8. The Morgan fingerprint density at radius 1 is 0.273 bits per heavy atom. The molecule has 0 aliphatic heterocycles. The molecule has 5 rings (SSSR count). The van der Waals surface area contributed by atoms with Gasteiger partial charge >= 0.3 is 49.4 Å². The zero-order chi connectivity index (χ0) is 50.3. The fraction of sp³-hybridized carbons (Fsp3) is 0.211. The lowest BCUT2D eigenvalue weighted by molar-refractivity contribution is -0.144. The van der Waals surface area contributed by atoms with Gasteiger partial charge in [-0.2, -0.15) is 105 Å². The van der Waals surface area contributed by atoms with Crippen LogP contribution in [-0.4, -0.2) is 0 Å². The summed E-state index contributed by atoms with van der Waals surface area (Å²) in [5.41, 5.74) is -18.6. The van der Waals surface area contributed by atoms with Crippen molar-refractivity contribution in [2.75, 3.05) is 0 Å². The molecule has 0 aliphatic rings. The molecule has 0 atom stereocenters. The van der Waals surface area contributed by atoms with Crippen LogP contribution in [0.1, 0.15) is 44.5 Å². The van der Waals surface area contributed by atoms with Crippen molar-refractivity contribution in [1.29, 1.82) is 0 Å². The average Bonchev–Trinajstić information content (AvgIpc) is 3.14. The van der Waals surface area contributed by atoms with Gasteiger partial charge in [-0.3, -0.25) is 0 Å². The monoisotopic (exact) mass is 1060 g/mol. The third-order valence-electron chi connectivity index (χ3n) is 8.83. The molecule has 0 unspecified atom stereocenters. The van der Waals surface area contributed by atoms with Gasteiger partial charge in [-0.1, -0.05) is 29.3 Å². The van der Waals surface area contributed by atoms with Crippen LogP contribution >= 0.6 is 39.0 Å². The summed E-state index contributed by atoms with van der Waals surface area (Å²) in [6.07, 6.45) is -46.9. The van der Waals surface area contributed by atoms with Crippen LogP contribution < -0.4 is 31.8 Å². The van der Waals surface area contributed by atoms with Gasteiger partial charge in [-0.25, -0.2) is 0 Å². The van der Waals surface area contributed by atoms with Crippen molar-refractivity contribution in [1.82, 2.24) is 0 Å². The Balaban J connectivity index is 2.15. The molecule has 0 bridgehead atoms. The normalized spacial score (nSPS) is 13.9. The summed E-state index contributed by atoms with van der Waals surface area (Å²) >= 11 is 12.6. The van der Waals surface area contributed by atoms with Gasteiger partial charge in [0.1, 0.15) is 0 Å². The highest BCUT2D eigenvalue weighted by molar-refractivity contribution is 7.85. The summed E-state index contributed by atoms with van der Waals surface area (Å²) in [7, 11) is -8.28. The third kappa shape index (κ3) is 11.7. The molecule has 0 spiro atoms. The summed E-state index contributed by atoms with van der Waals surface area (Å²) in [6.45, 7) is 0. The van der Waals surface area contributed by atoms with Gasteiger partial charge in [0.25, 0.3) is 0 Å². The molecule has 358 valence electrons. The Morgan fingerprint density at radius 2 is 0.470 bits per heavy atom. The van der Waals surface area contributed by atoms with Gasteiger partial charge in [0, 0.05) is 5.30 Å². The van der Waals surface area contributed by atoms with Crippen molar-refractivity contribution in [3.63, 3.8) is 0 Å². The Labute approximate surface area is 364 Å². The molecular weight excluding hydrogens is 1050 g/mol. The lowest BCUT2D eigenvalue weighted by Gasteiger charge is -2.31. The van der Waals surface area contributed by atoms with E-state index in [0.717, 1.165) is 0 Å². The highest BCUT2D eigenvalue weighted by Crippen LogP contribution is 2.49. The Morgan fingerprint density at radius 3 is 0.667 bits per heavy atom. The second-order valence-electron chi connectivity index (χ2n) is 13.5. The summed E-state index contributed by atoms with van der Waals surface area (Å²) in [6, 6.07) is -3.56.